The molecule has 22 heavy (non-hydrogen) atoms. The Hall–Kier alpha value is -1.53. The van der Waals surface area contributed by atoms with Crippen LogP contribution in [0.15, 0.2) is 23.1 Å². The van der Waals surface area contributed by atoms with Crippen molar-refractivity contribution in [2.24, 2.45) is 5.73 Å². The summed E-state index contributed by atoms with van der Waals surface area (Å²) >= 11 is 1.64. The van der Waals surface area contributed by atoms with Crippen LogP contribution in [0.4, 0.5) is 5.69 Å². The molecule has 118 valence electrons. The molecule has 4 N–H and O–H groups in total. The minimum atomic E-state index is -0.0771. The quantitative estimate of drug-likeness (QED) is 0.779. The Morgan fingerprint density at radius 3 is 2.82 bits per heavy atom. The summed E-state index contributed by atoms with van der Waals surface area (Å²) in [6, 6.07) is 5.99. The maximum Gasteiger partial charge on any atom is 0.251 e. The van der Waals surface area contributed by atoms with E-state index < -0.39 is 0 Å². The van der Waals surface area contributed by atoms with E-state index in [2.05, 4.69) is 10.6 Å². The number of nitrogens with two attached hydrogens (primary N) is 1. The molecule has 6 heteroatoms. The van der Waals surface area contributed by atoms with Crippen molar-refractivity contribution in [3.63, 3.8) is 0 Å². The van der Waals surface area contributed by atoms with Crippen LogP contribution in [-0.2, 0) is 4.79 Å². The van der Waals surface area contributed by atoms with Crippen molar-refractivity contribution in [2.75, 3.05) is 11.1 Å². The van der Waals surface area contributed by atoms with E-state index in [9.17, 15) is 9.59 Å². The summed E-state index contributed by atoms with van der Waals surface area (Å²) in [5.74, 6) is 0.698. The van der Waals surface area contributed by atoms with Crippen molar-refractivity contribution in [3.8, 4) is 0 Å². The van der Waals surface area contributed by atoms with E-state index in [4.69, 9.17) is 5.73 Å². The van der Waals surface area contributed by atoms with Gasteiger partial charge in [0.05, 0.1) is 5.69 Å². The molecule has 1 aromatic carbocycles. The number of carbonyl (C=O) groups excluding carboxylic acids is 2. The molecule has 1 aliphatic heterocycles. The van der Waals surface area contributed by atoms with Crippen molar-refractivity contribution in [2.45, 2.75) is 49.1 Å². The third-order valence-electron chi connectivity index (χ3n) is 4.21. The highest BCUT2D eigenvalue weighted by molar-refractivity contribution is 7.99. The number of carbonyl (C=O) groups is 2. The molecule has 2 amide bonds. The zero-order chi connectivity index (χ0) is 15.5. The first-order valence-corrected chi connectivity index (χ1v) is 8.73. The molecule has 0 saturated heterocycles. The number of hydrogen-bond donors (Lipinski definition) is 3. The number of anilines is 1. The van der Waals surface area contributed by atoms with Gasteiger partial charge in [-0.3, -0.25) is 9.59 Å². The highest BCUT2D eigenvalue weighted by Crippen LogP contribution is 2.31. The fourth-order valence-corrected chi connectivity index (χ4v) is 3.83. The van der Waals surface area contributed by atoms with Gasteiger partial charge < -0.3 is 16.4 Å². The molecule has 1 fully saturated rings. The molecule has 1 heterocycles. The van der Waals surface area contributed by atoms with Gasteiger partial charge in [-0.05, 0) is 43.9 Å². The minimum Gasteiger partial charge on any atom is -0.349 e. The van der Waals surface area contributed by atoms with E-state index in [0.29, 0.717) is 12.0 Å². The molecule has 0 unspecified atom stereocenters. The molecule has 5 nitrogen and oxygen atoms in total. The monoisotopic (exact) mass is 319 g/mol. The molecule has 1 aliphatic carbocycles. The first kappa shape index (κ1) is 15.4. The van der Waals surface area contributed by atoms with Gasteiger partial charge in [0.2, 0.25) is 5.91 Å². The summed E-state index contributed by atoms with van der Waals surface area (Å²) in [5, 5.41) is 5.95. The summed E-state index contributed by atoms with van der Waals surface area (Å²) < 4.78 is 0. The van der Waals surface area contributed by atoms with Crippen LogP contribution < -0.4 is 16.4 Å². The van der Waals surface area contributed by atoms with Crippen molar-refractivity contribution < 1.29 is 9.59 Å². The third kappa shape index (κ3) is 3.62. The fourth-order valence-electron chi connectivity index (χ4n) is 2.89. The van der Waals surface area contributed by atoms with Gasteiger partial charge in [-0.1, -0.05) is 0 Å². The Morgan fingerprint density at radius 1 is 1.27 bits per heavy atom. The Balaban J connectivity index is 1.69. The van der Waals surface area contributed by atoms with Crippen molar-refractivity contribution in [1.29, 1.82) is 0 Å². The van der Waals surface area contributed by atoms with Crippen molar-refractivity contribution >= 4 is 29.3 Å². The van der Waals surface area contributed by atoms with Gasteiger partial charge >= 0.3 is 0 Å². The molecule has 0 bridgehead atoms. The largest absolute Gasteiger partial charge is 0.349 e. The molecule has 0 spiro atoms. The average molecular weight is 319 g/mol. The van der Waals surface area contributed by atoms with E-state index in [-0.39, 0.29) is 23.9 Å². The topological polar surface area (TPSA) is 84.2 Å². The SMILES string of the molecule is NC1CCC(NC(=O)c2ccc3c(c2)NC(=O)CCS3)CC1. The average Bonchev–Trinajstić information content (AvgIpc) is 2.69. The molecular formula is C16H21N3O2S. The van der Waals surface area contributed by atoms with Crippen LogP contribution in [0.25, 0.3) is 0 Å². The number of rotatable bonds is 2. The lowest BCUT2D eigenvalue weighted by Gasteiger charge is -2.26. The predicted octanol–water partition coefficient (Wildman–Crippen LogP) is 2.12. The second kappa shape index (κ2) is 6.71. The van der Waals surface area contributed by atoms with E-state index in [0.717, 1.165) is 42.0 Å². The smallest absolute Gasteiger partial charge is 0.251 e. The third-order valence-corrected chi connectivity index (χ3v) is 5.28. The van der Waals surface area contributed by atoms with Gasteiger partial charge in [0.25, 0.3) is 5.91 Å². The zero-order valence-corrected chi connectivity index (χ0v) is 13.2. The van der Waals surface area contributed by atoms with Gasteiger partial charge in [0, 0.05) is 34.7 Å². The second-order valence-electron chi connectivity index (χ2n) is 5.94. The molecule has 1 aromatic rings. The maximum absolute atomic E-state index is 12.4. The molecule has 3 rings (SSSR count). The van der Waals surface area contributed by atoms with Gasteiger partial charge in [0.15, 0.2) is 0 Å². The summed E-state index contributed by atoms with van der Waals surface area (Å²) in [6.07, 6.45) is 4.29. The normalized spacial score (nSPS) is 24.9. The predicted molar refractivity (Wildman–Crippen MR) is 88.1 cm³/mol. The molecular weight excluding hydrogens is 298 g/mol. The molecule has 0 radical (unpaired) electrons. The number of thioether (sulfide) groups is 1. The Kier molecular flexibility index (Phi) is 4.69. The maximum atomic E-state index is 12.4. The van der Waals surface area contributed by atoms with E-state index in [1.807, 2.05) is 12.1 Å². The van der Waals surface area contributed by atoms with E-state index in [1.54, 1.807) is 17.8 Å². The lowest BCUT2D eigenvalue weighted by molar-refractivity contribution is -0.115. The van der Waals surface area contributed by atoms with Crippen LogP contribution in [0.2, 0.25) is 0 Å². The number of benzene rings is 1. The lowest BCUT2D eigenvalue weighted by Crippen LogP contribution is -2.40. The van der Waals surface area contributed by atoms with Crippen LogP contribution in [-0.4, -0.2) is 29.7 Å². The molecule has 2 aliphatic rings. The minimum absolute atomic E-state index is 0.00470. The van der Waals surface area contributed by atoms with Crippen LogP contribution in [0.3, 0.4) is 0 Å². The van der Waals surface area contributed by atoms with E-state index in [1.165, 1.54) is 0 Å². The van der Waals surface area contributed by atoms with Gasteiger partial charge in [-0.25, -0.2) is 0 Å². The van der Waals surface area contributed by atoms with Crippen LogP contribution in [0.1, 0.15) is 42.5 Å². The highest BCUT2D eigenvalue weighted by atomic mass is 32.2. The van der Waals surface area contributed by atoms with Crippen LogP contribution in [0.5, 0.6) is 0 Å². The molecule has 1 saturated carbocycles. The van der Waals surface area contributed by atoms with Crippen molar-refractivity contribution in [3.05, 3.63) is 23.8 Å². The Morgan fingerprint density at radius 2 is 2.05 bits per heavy atom. The van der Waals surface area contributed by atoms with Crippen LogP contribution >= 0.6 is 11.8 Å². The Labute approximate surface area is 134 Å². The zero-order valence-electron chi connectivity index (χ0n) is 12.4. The fraction of sp³-hybridized carbons (Fsp3) is 0.500. The van der Waals surface area contributed by atoms with Crippen molar-refractivity contribution in [1.82, 2.24) is 5.32 Å². The standard InChI is InChI=1S/C16H21N3O2S/c17-11-2-4-12(5-3-11)18-16(21)10-1-6-14-13(9-10)19-15(20)7-8-22-14/h1,6,9,11-12H,2-5,7-8,17H2,(H,18,21)(H,19,20). The number of hydrogen-bond acceptors (Lipinski definition) is 4. The first-order valence-electron chi connectivity index (χ1n) is 7.75. The summed E-state index contributed by atoms with van der Waals surface area (Å²) in [6.45, 7) is 0. The van der Waals surface area contributed by atoms with Crippen LogP contribution in [0, 0.1) is 0 Å². The summed E-state index contributed by atoms with van der Waals surface area (Å²) in [4.78, 5) is 25.0. The van der Waals surface area contributed by atoms with Gasteiger partial charge in [0.1, 0.15) is 0 Å². The summed E-state index contributed by atoms with van der Waals surface area (Å²) in [5.41, 5.74) is 7.22. The second-order valence-corrected chi connectivity index (χ2v) is 7.08. The van der Waals surface area contributed by atoms with Gasteiger partial charge in [-0.15, -0.1) is 11.8 Å². The number of fused-ring (bicyclic) bond motifs is 1. The Bertz CT molecular complexity index is 583. The van der Waals surface area contributed by atoms with E-state index >= 15 is 0 Å². The molecule has 0 atom stereocenters. The lowest BCUT2D eigenvalue weighted by atomic mass is 9.91. The number of amides is 2. The molecule has 0 aromatic heterocycles. The van der Waals surface area contributed by atoms with Gasteiger partial charge in [-0.2, -0.15) is 0 Å². The first-order chi connectivity index (χ1) is 10.6. The number of nitrogens with one attached hydrogen (secondary N) is 2. The highest BCUT2D eigenvalue weighted by Gasteiger charge is 2.21. The summed E-state index contributed by atoms with van der Waals surface area (Å²) in [7, 11) is 0.